The fraction of sp³-hybridized carbons (Fsp3) is 0.417. The number of nitrogens with zero attached hydrogens (tertiary/aromatic N) is 1. The molecule has 17 heavy (non-hydrogen) atoms. The average Bonchev–Trinajstić information content (AvgIpc) is 2.28. The summed E-state index contributed by atoms with van der Waals surface area (Å²) in [6, 6.07) is 3.80. The van der Waals surface area contributed by atoms with Crippen molar-refractivity contribution in [3.63, 3.8) is 0 Å². The van der Waals surface area contributed by atoms with Crippen molar-refractivity contribution < 1.29 is 14.3 Å². The van der Waals surface area contributed by atoms with Gasteiger partial charge in [0.05, 0.1) is 0 Å². The summed E-state index contributed by atoms with van der Waals surface area (Å²) >= 11 is 5.59. The largest absolute Gasteiger partial charge is 0.507 e. The van der Waals surface area contributed by atoms with E-state index in [1.54, 1.807) is 0 Å². The Balaban J connectivity index is 3.00. The number of phenols is 1. The third kappa shape index (κ3) is 3.33. The maximum Gasteiger partial charge on any atom is 0.260 e. The van der Waals surface area contributed by atoms with Crippen LogP contribution in [0.4, 0.5) is 4.39 Å². The van der Waals surface area contributed by atoms with Crippen molar-refractivity contribution in [1.29, 1.82) is 0 Å². The molecule has 5 heteroatoms. The molecule has 0 aliphatic heterocycles. The SMILES string of the molecule is CCCN(CCCl)C(=O)c1c(O)cccc1F. The molecule has 3 nitrogen and oxygen atoms in total. The van der Waals surface area contributed by atoms with Crippen LogP contribution >= 0.6 is 11.6 Å². The van der Waals surface area contributed by atoms with Gasteiger partial charge in [0.1, 0.15) is 17.1 Å². The van der Waals surface area contributed by atoms with Crippen LogP contribution in [-0.4, -0.2) is 34.9 Å². The van der Waals surface area contributed by atoms with Crippen molar-refractivity contribution in [3.8, 4) is 5.75 Å². The highest BCUT2D eigenvalue weighted by Crippen LogP contribution is 2.21. The monoisotopic (exact) mass is 259 g/mol. The summed E-state index contributed by atoms with van der Waals surface area (Å²) in [5.41, 5.74) is -0.286. The van der Waals surface area contributed by atoms with Crippen molar-refractivity contribution in [3.05, 3.63) is 29.6 Å². The lowest BCUT2D eigenvalue weighted by molar-refractivity contribution is 0.0757. The van der Waals surface area contributed by atoms with Gasteiger partial charge in [-0.1, -0.05) is 13.0 Å². The molecule has 1 aromatic rings. The summed E-state index contributed by atoms with van der Waals surface area (Å²) in [6.07, 6.45) is 0.748. The van der Waals surface area contributed by atoms with Gasteiger partial charge in [-0.3, -0.25) is 4.79 Å². The number of rotatable bonds is 5. The molecule has 0 bridgehead atoms. The molecule has 0 saturated heterocycles. The van der Waals surface area contributed by atoms with E-state index in [2.05, 4.69) is 0 Å². The number of aromatic hydroxyl groups is 1. The molecule has 0 aliphatic carbocycles. The fourth-order valence-corrected chi connectivity index (χ4v) is 1.77. The highest BCUT2D eigenvalue weighted by molar-refractivity contribution is 6.18. The van der Waals surface area contributed by atoms with Gasteiger partial charge >= 0.3 is 0 Å². The molecule has 0 unspecified atom stereocenters. The van der Waals surface area contributed by atoms with Crippen LogP contribution in [0.15, 0.2) is 18.2 Å². The molecular weight excluding hydrogens is 245 g/mol. The Kier molecular flexibility index (Phi) is 5.22. The van der Waals surface area contributed by atoms with E-state index in [1.807, 2.05) is 6.92 Å². The topological polar surface area (TPSA) is 40.5 Å². The highest BCUT2D eigenvalue weighted by atomic mass is 35.5. The van der Waals surface area contributed by atoms with Crippen LogP contribution < -0.4 is 0 Å². The average molecular weight is 260 g/mol. The Hall–Kier alpha value is -1.29. The predicted molar refractivity (Wildman–Crippen MR) is 65.0 cm³/mol. The molecule has 0 saturated carbocycles. The Morgan fingerprint density at radius 2 is 2.18 bits per heavy atom. The number of benzene rings is 1. The van der Waals surface area contributed by atoms with Gasteiger partial charge in [0.2, 0.25) is 0 Å². The number of hydrogen-bond donors (Lipinski definition) is 1. The minimum absolute atomic E-state index is 0.279. The van der Waals surface area contributed by atoms with Gasteiger partial charge in [-0.25, -0.2) is 4.39 Å². The fourth-order valence-electron chi connectivity index (χ4n) is 1.57. The van der Waals surface area contributed by atoms with E-state index >= 15 is 0 Å². The second-order valence-electron chi connectivity index (χ2n) is 3.62. The van der Waals surface area contributed by atoms with Gasteiger partial charge in [-0.2, -0.15) is 0 Å². The summed E-state index contributed by atoms with van der Waals surface area (Å²) in [7, 11) is 0. The first-order chi connectivity index (χ1) is 8.11. The van der Waals surface area contributed by atoms with Gasteiger partial charge in [0.25, 0.3) is 5.91 Å². The van der Waals surface area contributed by atoms with Gasteiger partial charge in [-0.15, -0.1) is 11.6 Å². The molecule has 0 radical (unpaired) electrons. The molecule has 1 N–H and O–H groups in total. The van der Waals surface area contributed by atoms with E-state index in [0.717, 1.165) is 12.5 Å². The molecule has 1 aromatic carbocycles. The van der Waals surface area contributed by atoms with E-state index in [-0.39, 0.29) is 17.2 Å². The molecule has 1 rings (SSSR count). The van der Waals surface area contributed by atoms with Crippen LogP contribution in [-0.2, 0) is 0 Å². The standard InChI is InChI=1S/C12H15ClFNO2/c1-2-7-15(8-6-13)12(17)11-9(14)4-3-5-10(11)16/h3-5,16H,2,6-8H2,1H3. The lowest BCUT2D eigenvalue weighted by Crippen LogP contribution is -2.34. The molecule has 0 atom stereocenters. The second kappa shape index (κ2) is 6.45. The summed E-state index contributed by atoms with van der Waals surface area (Å²) in [5, 5.41) is 9.53. The number of carbonyl (C=O) groups is 1. The van der Waals surface area contributed by atoms with Crippen molar-refractivity contribution in [1.82, 2.24) is 4.90 Å². The Morgan fingerprint density at radius 1 is 1.47 bits per heavy atom. The van der Waals surface area contributed by atoms with Crippen LogP contribution in [0.5, 0.6) is 5.75 Å². The second-order valence-corrected chi connectivity index (χ2v) is 3.99. The van der Waals surface area contributed by atoms with Crippen LogP contribution in [0.3, 0.4) is 0 Å². The highest BCUT2D eigenvalue weighted by Gasteiger charge is 2.21. The number of halogens is 2. The molecular formula is C12H15ClFNO2. The van der Waals surface area contributed by atoms with Crippen molar-refractivity contribution >= 4 is 17.5 Å². The minimum atomic E-state index is -0.717. The van der Waals surface area contributed by atoms with E-state index in [9.17, 15) is 14.3 Å². The first-order valence-electron chi connectivity index (χ1n) is 5.44. The smallest absolute Gasteiger partial charge is 0.260 e. The third-order valence-electron chi connectivity index (χ3n) is 2.34. The number of amides is 1. The lowest BCUT2D eigenvalue weighted by atomic mass is 10.1. The predicted octanol–water partition coefficient (Wildman–Crippen LogP) is 2.62. The quantitative estimate of drug-likeness (QED) is 0.826. The molecule has 0 fully saturated rings. The molecule has 0 heterocycles. The van der Waals surface area contributed by atoms with Crippen LogP contribution in [0.1, 0.15) is 23.7 Å². The maximum atomic E-state index is 13.5. The summed E-state index contributed by atoms with van der Waals surface area (Å²) in [6.45, 7) is 2.73. The van der Waals surface area contributed by atoms with Gasteiger partial charge in [0.15, 0.2) is 0 Å². The molecule has 0 aromatic heterocycles. The Bertz CT molecular complexity index is 372. The molecule has 0 aliphatic rings. The van der Waals surface area contributed by atoms with Gasteiger partial charge in [0, 0.05) is 19.0 Å². The molecule has 94 valence electrons. The summed E-state index contributed by atoms with van der Waals surface area (Å²) in [4.78, 5) is 13.5. The van der Waals surface area contributed by atoms with Crippen molar-refractivity contribution in [2.24, 2.45) is 0 Å². The van der Waals surface area contributed by atoms with Crippen LogP contribution in [0, 0.1) is 5.82 Å². The Labute approximate surface area is 105 Å². The van der Waals surface area contributed by atoms with E-state index < -0.39 is 11.7 Å². The first-order valence-corrected chi connectivity index (χ1v) is 5.98. The lowest BCUT2D eigenvalue weighted by Gasteiger charge is -2.21. The van der Waals surface area contributed by atoms with Crippen LogP contribution in [0.25, 0.3) is 0 Å². The minimum Gasteiger partial charge on any atom is -0.507 e. The molecule has 0 spiro atoms. The maximum absolute atomic E-state index is 13.5. The zero-order chi connectivity index (χ0) is 12.8. The third-order valence-corrected chi connectivity index (χ3v) is 2.51. The summed E-state index contributed by atoms with van der Waals surface area (Å²) in [5.74, 6) is -1.31. The molecule has 1 amide bonds. The van der Waals surface area contributed by atoms with E-state index in [1.165, 1.54) is 17.0 Å². The normalized spacial score (nSPS) is 10.3. The van der Waals surface area contributed by atoms with Crippen molar-refractivity contribution in [2.75, 3.05) is 19.0 Å². The first kappa shape index (κ1) is 13.8. The Morgan fingerprint density at radius 3 is 2.71 bits per heavy atom. The van der Waals surface area contributed by atoms with E-state index in [4.69, 9.17) is 11.6 Å². The number of phenolic OH excluding ortho intramolecular Hbond substituents is 1. The van der Waals surface area contributed by atoms with Crippen molar-refractivity contribution in [2.45, 2.75) is 13.3 Å². The number of carbonyl (C=O) groups excluding carboxylic acids is 1. The van der Waals surface area contributed by atoms with Gasteiger partial charge < -0.3 is 10.0 Å². The van der Waals surface area contributed by atoms with E-state index in [0.29, 0.717) is 13.1 Å². The van der Waals surface area contributed by atoms with Gasteiger partial charge in [-0.05, 0) is 18.6 Å². The summed E-state index contributed by atoms with van der Waals surface area (Å²) < 4.78 is 13.5. The zero-order valence-corrected chi connectivity index (χ0v) is 10.4. The number of hydrogen-bond acceptors (Lipinski definition) is 2. The van der Waals surface area contributed by atoms with Crippen LogP contribution in [0.2, 0.25) is 0 Å². The zero-order valence-electron chi connectivity index (χ0n) is 9.62. The number of alkyl halides is 1.